The van der Waals surface area contributed by atoms with Gasteiger partial charge in [0, 0.05) is 24.7 Å². The summed E-state index contributed by atoms with van der Waals surface area (Å²) in [6.07, 6.45) is 4.42. The molecule has 2 aromatic heterocycles. The molecule has 0 unspecified atom stereocenters. The van der Waals surface area contributed by atoms with Gasteiger partial charge >= 0.3 is 0 Å². The molecular formula is C17H23N3O2. The number of aliphatic hydroxyl groups is 1. The molecule has 1 aliphatic rings. The minimum absolute atomic E-state index is 0.0414. The second kappa shape index (κ2) is 5.72. The van der Waals surface area contributed by atoms with Crippen LogP contribution in [0.5, 0.6) is 0 Å². The summed E-state index contributed by atoms with van der Waals surface area (Å²) in [4.78, 5) is 21.8. The first-order valence-electron chi connectivity index (χ1n) is 7.88. The van der Waals surface area contributed by atoms with Crippen molar-refractivity contribution in [2.45, 2.75) is 38.7 Å². The largest absolute Gasteiger partial charge is 0.390 e. The SMILES string of the molecule is CC(C)(O)CC1CCN(C(=O)c2cc3cccnc3[nH]2)CC1. The number of H-pyrrole nitrogens is 1. The van der Waals surface area contributed by atoms with Crippen LogP contribution in [-0.4, -0.2) is 44.6 Å². The molecule has 0 bridgehead atoms. The molecular weight excluding hydrogens is 278 g/mol. The number of hydrogen-bond donors (Lipinski definition) is 2. The van der Waals surface area contributed by atoms with Crippen LogP contribution in [-0.2, 0) is 0 Å². The Morgan fingerprint density at radius 3 is 2.82 bits per heavy atom. The van der Waals surface area contributed by atoms with Crippen LogP contribution >= 0.6 is 0 Å². The quantitative estimate of drug-likeness (QED) is 0.915. The monoisotopic (exact) mass is 301 g/mol. The Bertz CT molecular complexity index is 631. The van der Waals surface area contributed by atoms with Crippen LogP contribution in [0.1, 0.15) is 43.6 Å². The maximum atomic E-state index is 12.6. The Balaban J connectivity index is 1.64. The number of amides is 1. The van der Waals surface area contributed by atoms with Crippen molar-refractivity contribution >= 4 is 16.9 Å². The number of pyridine rings is 1. The molecule has 1 fully saturated rings. The molecule has 0 saturated carbocycles. The maximum absolute atomic E-state index is 12.6. The van der Waals surface area contributed by atoms with Gasteiger partial charge < -0.3 is 15.0 Å². The molecule has 1 saturated heterocycles. The molecule has 5 heteroatoms. The summed E-state index contributed by atoms with van der Waals surface area (Å²) in [7, 11) is 0. The Kier molecular flexibility index (Phi) is 3.91. The Morgan fingerprint density at radius 1 is 1.45 bits per heavy atom. The van der Waals surface area contributed by atoms with Gasteiger partial charge in [0.05, 0.1) is 5.60 Å². The molecule has 5 nitrogen and oxygen atoms in total. The summed E-state index contributed by atoms with van der Waals surface area (Å²) < 4.78 is 0. The van der Waals surface area contributed by atoms with Gasteiger partial charge in [-0.25, -0.2) is 4.98 Å². The standard InChI is InChI=1S/C17H23N3O2/c1-17(2,22)11-12-5-8-20(9-6-12)16(21)14-10-13-4-3-7-18-15(13)19-14/h3-4,7,10,12,22H,5-6,8-9,11H2,1-2H3,(H,18,19). The number of aromatic nitrogens is 2. The lowest BCUT2D eigenvalue weighted by Crippen LogP contribution is -2.40. The number of hydrogen-bond acceptors (Lipinski definition) is 3. The molecule has 0 radical (unpaired) electrons. The molecule has 1 amide bonds. The van der Waals surface area contributed by atoms with E-state index in [-0.39, 0.29) is 5.91 Å². The zero-order chi connectivity index (χ0) is 15.7. The number of nitrogens with zero attached hydrogens (tertiary/aromatic N) is 2. The molecule has 3 heterocycles. The van der Waals surface area contributed by atoms with Gasteiger partial charge in [0.2, 0.25) is 0 Å². The first-order valence-corrected chi connectivity index (χ1v) is 7.88. The Morgan fingerprint density at radius 2 is 2.18 bits per heavy atom. The van der Waals surface area contributed by atoms with Crippen molar-refractivity contribution in [3.05, 3.63) is 30.1 Å². The number of carbonyl (C=O) groups excluding carboxylic acids is 1. The van der Waals surface area contributed by atoms with E-state index in [0.717, 1.165) is 43.4 Å². The van der Waals surface area contributed by atoms with E-state index in [9.17, 15) is 9.90 Å². The van der Waals surface area contributed by atoms with E-state index < -0.39 is 5.60 Å². The predicted octanol–water partition coefficient (Wildman–Crippen LogP) is 2.58. The highest BCUT2D eigenvalue weighted by Gasteiger charge is 2.27. The van der Waals surface area contributed by atoms with E-state index in [1.165, 1.54) is 0 Å². The lowest BCUT2D eigenvalue weighted by molar-refractivity contribution is 0.0357. The smallest absolute Gasteiger partial charge is 0.270 e. The zero-order valence-corrected chi connectivity index (χ0v) is 13.2. The van der Waals surface area contributed by atoms with Gasteiger partial charge in [-0.1, -0.05) is 0 Å². The average molecular weight is 301 g/mol. The van der Waals surface area contributed by atoms with Gasteiger partial charge in [-0.05, 0) is 57.2 Å². The molecule has 0 aromatic carbocycles. The number of piperidine rings is 1. The summed E-state index contributed by atoms with van der Waals surface area (Å²) >= 11 is 0. The van der Waals surface area contributed by atoms with Crippen molar-refractivity contribution in [3.63, 3.8) is 0 Å². The van der Waals surface area contributed by atoms with Crippen LogP contribution in [0.25, 0.3) is 11.0 Å². The van der Waals surface area contributed by atoms with Gasteiger partial charge in [-0.2, -0.15) is 0 Å². The van der Waals surface area contributed by atoms with E-state index in [1.807, 2.05) is 36.9 Å². The van der Waals surface area contributed by atoms with Crippen molar-refractivity contribution in [1.29, 1.82) is 0 Å². The van der Waals surface area contributed by atoms with Gasteiger partial charge in [-0.15, -0.1) is 0 Å². The van der Waals surface area contributed by atoms with Crippen LogP contribution < -0.4 is 0 Å². The van der Waals surface area contributed by atoms with E-state index in [2.05, 4.69) is 9.97 Å². The normalized spacial score (nSPS) is 17.1. The Labute approximate surface area is 130 Å². The number of rotatable bonds is 3. The molecule has 0 aliphatic carbocycles. The number of likely N-dealkylation sites (tertiary alicyclic amines) is 1. The fraction of sp³-hybridized carbons (Fsp3) is 0.529. The number of nitrogens with one attached hydrogen (secondary N) is 1. The van der Waals surface area contributed by atoms with Crippen LogP contribution in [0.15, 0.2) is 24.4 Å². The lowest BCUT2D eigenvalue weighted by atomic mass is 9.86. The predicted molar refractivity (Wildman–Crippen MR) is 85.6 cm³/mol. The fourth-order valence-electron chi connectivity index (χ4n) is 3.29. The minimum atomic E-state index is -0.625. The Hall–Kier alpha value is -1.88. The van der Waals surface area contributed by atoms with E-state index in [1.54, 1.807) is 6.20 Å². The topological polar surface area (TPSA) is 69.2 Å². The molecule has 1 aliphatic heterocycles. The fourth-order valence-corrected chi connectivity index (χ4v) is 3.29. The molecule has 2 N–H and O–H groups in total. The highest BCUT2D eigenvalue weighted by atomic mass is 16.3. The maximum Gasteiger partial charge on any atom is 0.270 e. The number of aromatic amines is 1. The summed E-state index contributed by atoms with van der Waals surface area (Å²) in [6.45, 7) is 5.20. The second-order valence-corrected chi connectivity index (χ2v) is 6.88. The zero-order valence-electron chi connectivity index (χ0n) is 13.2. The average Bonchev–Trinajstić information content (AvgIpc) is 2.89. The van der Waals surface area contributed by atoms with E-state index in [4.69, 9.17) is 0 Å². The van der Waals surface area contributed by atoms with Gasteiger partial charge in [0.15, 0.2) is 0 Å². The first-order chi connectivity index (χ1) is 10.4. The van der Waals surface area contributed by atoms with Crippen LogP contribution in [0, 0.1) is 5.92 Å². The third-order valence-electron chi connectivity index (χ3n) is 4.31. The van der Waals surface area contributed by atoms with Crippen LogP contribution in [0.3, 0.4) is 0 Å². The van der Waals surface area contributed by atoms with Crippen molar-refractivity contribution < 1.29 is 9.90 Å². The van der Waals surface area contributed by atoms with Gasteiger partial charge in [0.1, 0.15) is 11.3 Å². The summed E-state index contributed by atoms with van der Waals surface area (Å²) in [6, 6.07) is 5.69. The minimum Gasteiger partial charge on any atom is -0.390 e. The van der Waals surface area contributed by atoms with Crippen LogP contribution in [0.2, 0.25) is 0 Å². The number of fused-ring (bicyclic) bond motifs is 1. The first kappa shape index (κ1) is 15.0. The molecule has 118 valence electrons. The van der Waals surface area contributed by atoms with Crippen molar-refractivity contribution in [3.8, 4) is 0 Å². The lowest BCUT2D eigenvalue weighted by Gasteiger charge is -2.34. The second-order valence-electron chi connectivity index (χ2n) is 6.88. The molecule has 22 heavy (non-hydrogen) atoms. The summed E-state index contributed by atoms with van der Waals surface area (Å²) in [5.74, 6) is 0.535. The summed E-state index contributed by atoms with van der Waals surface area (Å²) in [5, 5.41) is 10.9. The summed E-state index contributed by atoms with van der Waals surface area (Å²) in [5.41, 5.74) is 0.733. The van der Waals surface area contributed by atoms with Crippen molar-refractivity contribution in [2.75, 3.05) is 13.1 Å². The van der Waals surface area contributed by atoms with E-state index in [0.29, 0.717) is 11.6 Å². The molecule has 0 spiro atoms. The highest BCUT2D eigenvalue weighted by molar-refractivity contribution is 5.97. The van der Waals surface area contributed by atoms with Gasteiger partial charge in [0.25, 0.3) is 5.91 Å². The van der Waals surface area contributed by atoms with Crippen molar-refractivity contribution in [2.24, 2.45) is 5.92 Å². The molecule has 3 rings (SSSR count). The molecule has 0 atom stereocenters. The van der Waals surface area contributed by atoms with Crippen molar-refractivity contribution in [1.82, 2.24) is 14.9 Å². The van der Waals surface area contributed by atoms with Gasteiger partial charge in [-0.3, -0.25) is 4.79 Å². The van der Waals surface area contributed by atoms with E-state index >= 15 is 0 Å². The van der Waals surface area contributed by atoms with Crippen LogP contribution in [0.4, 0.5) is 0 Å². The number of carbonyl (C=O) groups is 1. The molecule has 2 aromatic rings. The highest BCUT2D eigenvalue weighted by Crippen LogP contribution is 2.27. The third kappa shape index (κ3) is 3.30. The third-order valence-corrected chi connectivity index (χ3v) is 4.31.